The zero-order valence-corrected chi connectivity index (χ0v) is 11.2. The first kappa shape index (κ1) is 13.4. The Morgan fingerprint density at radius 2 is 2.11 bits per heavy atom. The average molecular weight is 257 g/mol. The lowest BCUT2D eigenvalue weighted by Crippen LogP contribution is -1.95. The third-order valence-corrected chi connectivity index (χ3v) is 3.23. The summed E-state index contributed by atoms with van der Waals surface area (Å²) < 4.78 is 2.21. The fourth-order valence-corrected chi connectivity index (χ4v) is 2.29. The van der Waals surface area contributed by atoms with Gasteiger partial charge in [0.1, 0.15) is 0 Å². The van der Waals surface area contributed by atoms with Crippen LogP contribution in [0.15, 0.2) is 36.5 Å². The van der Waals surface area contributed by atoms with E-state index in [1.54, 1.807) is 6.08 Å². The van der Waals surface area contributed by atoms with Gasteiger partial charge >= 0.3 is 5.97 Å². The van der Waals surface area contributed by atoms with E-state index in [4.69, 9.17) is 5.11 Å². The molecule has 1 heterocycles. The number of nitrogens with zero attached hydrogens (tertiary/aromatic N) is 1. The molecule has 2 aromatic rings. The molecule has 0 aliphatic carbocycles. The van der Waals surface area contributed by atoms with Crippen molar-refractivity contribution in [2.24, 2.45) is 0 Å². The minimum Gasteiger partial charge on any atom is -0.478 e. The maximum atomic E-state index is 10.6. The lowest BCUT2D eigenvalue weighted by Gasteiger charge is -2.03. The molecule has 100 valence electrons. The molecule has 19 heavy (non-hydrogen) atoms. The largest absolute Gasteiger partial charge is 0.478 e. The molecule has 0 amide bonds. The van der Waals surface area contributed by atoms with Crippen molar-refractivity contribution in [1.29, 1.82) is 0 Å². The Morgan fingerprint density at radius 3 is 2.84 bits per heavy atom. The van der Waals surface area contributed by atoms with E-state index in [9.17, 15) is 4.79 Å². The number of aromatic nitrogens is 1. The highest BCUT2D eigenvalue weighted by molar-refractivity contribution is 5.93. The summed E-state index contributed by atoms with van der Waals surface area (Å²) >= 11 is 0. The maximum Gasteiger partial charge on any atom is 0.328 e. The molecule has 1 N–H and O–H groups in total. The van der Waals surface area contributed by atoms with Crippen molar-refractivity contribution >= 4 is 22.9 Å². The summed E-state index contributed by atoms with van der Waals surface area (Å²) in [4.78, 5) is 10.6. The van der Waals surface area contributed by atoms with Crippen LogP contribution in [0, 0.1) is 0 Å². The molecule has 0 saturated carbocycles. The van der Waals surface area contributed by atoms with E-state index < -0.39 is 5.97 Å². The van der Waals surface area contributed by atoms with E-state index in [0.717, 1.165) is 23.9 Å². The molecule has 3 heteroatoms. The van der Waals surface area contributed by atoms with Crippen LogP contribution >= 0.6 is 0 Å². The number of carbonyl (C=O) groups is 1. The number of benzene rings is 1. The number of hydrogen-bond acceptors (Lipinski definition) is 1. The van der Waals surface area contributed by atoms with Gasteiger partial charge in [0, 0.05) is 35.3 Å². The van der Waals surface area contributed by atoms with Gasteiger partial charge < -0.3 is 9.67 Å². The first-order valence-electron chi connectivity index (χ1n) is 6.71. The van der Waals surface area contributed by atoms with Crippen molar-refractivity contribution in [3.8, 4) is 0 Å². The van der Waals surface area contributed by atoms with E-state index in [1.165, 1.54) is 24.4 Å². The van der Waals surface area contributed by atoms with Crippen molar-refractivity contribution in [3.63, 3.8) is 0 Å². The summed E-state index contributed by atoms with van der Waals surface area (Å²) in [6.45, 7) is 3.17. The van der Waals surface area contributed by atoms with E-state index in [0.29, 0.717) is 0 Å². The van der Waals surface area contributed by atoms with Gasteiger partial charge in [0.05, 0.1) is 0 Å². The molecule has 0 atom stereocenters. The van der Waals surface area contributed by atoms with Crippen LogP contribution in [0.25, 0.3) is 17.0 Å². The Bertz CT molecular complexity index is 596. The molecule has 0 bridgehead atoms. The van der Waals surface area contributed by atoms with Crippen LogP contribution in [-0.2, 0) is 11.3 Å². The Balaban J connectivity index is 2.34. The fourth-order valence-electron chi connectivity index (χ4n) is 2.29. The van der Waals surface area contributed by atoms with Crippen molar-refractivity contribution < 1.29 is 9.90 Å². The molecule has 0 aliphatic heterocycles. The average Bonchev–Trinajstić information content (AvgIpc) is 2.76. The van der Waals surface area contributed by atoms with Crippen molar-refractivity contribution in [3.05, 3.63) is 42.1 Å². The predicted molar refractivity (Wildman–Crippen MR) is 78.1 cm³/mol. The van der Waals surface area contributed by atoms with Crippen LogP contribution in [0.3, 0.4) is 0 Å². The van der Waals surface area contributed by atoms with Crippen LogP contribution in [0.1, 0.15) is 31.7 Å². The van der Waals surface area contributed by atoms with Gasteiger partial charge in [0.25, 0.3) is 0 Å². The lowest BCUT2D eigenvalue weighted by atomic mass is 10.1. The first-order chi connectivity index (χ1) is 9.22. The van der Waals surface area contributed by atoms with Crippen LogP contribution in [-0.4, -0.2) is 15.6 Å². The Kier molecular flexibility index (Phi) is 4.39. The topological polar surface area (TPSA) is 42.2 Å². The van der Waals surface area contributed by atoms with Gasteiger partial charge in [-0.1, -0.05) is 38.0 Å². The van der Waals surface area contributed by atoms with Crippen molar-refractivity contribution in [2.75, 3.05) is 0 Å². The van der Waals surface area contributed by atoms with E-state index >= 15 is 0 Å². The Labute approximate surface area is 113 Å². The minimum atomic E-state index is -0.914. The van der Waals surface area contributed by atoms with Crippen molar-refractivity contribution in [2.45, 2.75) is 32.7 Å². The number of hydrogen-bond donors (Lipinski definition) is 1. The molecular formula is C16H19NO2. The molecule has 2 rings (SSSR count). The number of carboxylic acid groups (broad SMARTS) is 1. The summed E-state index contributed by atoms with van der Waals surface area (Å²) in [6, 6.07) is 8.12. The zero-order chi connectivity index (χ0) is 13.7. The molecule has 3 nitrogen and oxygen atoms in total. The second-order valence-electron chi connectivity index (χ2n) is 4.67. The molecule has 1 aromatic carbocycles. The summed E-state index contributed by atoms with van der Waals surface area (Å²) in [5.74, 6) is -0.914. The highest BCUT2D eigenvalue weighted by atomic mass is 16.4. The highest BCUT2D eigenvalue weighted by Gasteiger charge is 2.05. The van der Waals surface area contributed by atoms with Crippen LogP contribution < -0.4 is 0 Å². The van der Waals surface area contributed by atoms with Crippen LogP contribution in [0.4, 0.5) is 0 Å². The number of unbranched alkanes of at least 4 members (excludes halogenated alkanes) is 2. The quantitative estimate of drug-likeness (QED) is 0.629. The van der Waals surface area contributed by atoms with Crippen molar-refractivity contribution in [1.82, 2.24) is 4.57 Å². The summed E-state index contributed by atoms with van der Waals surface area (Å²) in [5, 5.41) is 9.84. The molecule has 1 aromatic heterocycles. The monoisotopic (exact) mass is 257 g/mol. The van der Waals surface area contributed by atoms with E-state index in [1.807, 2.05) is 24.4 Å². The molecule has 0 unspecified atom stereocenters. The number of aryl methyl sites for hydroxylation is 1. The SMILES string of the molecule is CCCCCn1cc(/C=C/C(=O)O)c2ccccc21. The van der Waals surface area contributed by atoms with Gasteiger partial charge in [-0.2, -0.15) is 0 Å². The standard InChI is InChI=1S/C16H19NO2/c1-2-3-6-11-17-12-13(9-10-16(18)19)14-7-4-5-8-15(14)17/h4-5,7-10,12H,2-3,6,11H2,1H3,(H,18,19)/b10-9+. The number of carboxylic acids is 1. The smallest absolute Gasteiger partial charge is 0.328 e. The Morgan fingerprint density at radius 1 is 1.32 bits per heavy atom. The molecule has 0 spiro atoms. The second-order valence-corrected chi connectivity index (χ2v) is 4.67. The van der Waals surface area contributed by atoms with Gasteiger partial charge in [0.2, 0.25) is 0 Å². The lowest BCUT2D eigenvalue weighted by molar-refractivity contribution is -0.131. The number of para-hydroxylation sites is 1. The first-order valence-corrected chi connectivity index (χ1v) is 6.71. The van der Waals surface area contributed by atoms with Gasteiger partial charge in [0.15, 0.2) is 0 Å². The van der Waals surface area contributed by atoms with E-state index in [-0.39, 0.29) is 0 Å². The van der Waals surface area contributed by atoms with Gasteiger partial charge in [-0.15, -0.1) is 0 Å². The van der Waals surface area contributed by atoms with Gasteiger partial charge in [-0.05, 0) is 18.6 Å². The maximum absolute atomic E-state index is 10.6. The normalized spacial score (nSPS) is 11.4. The predicted octanol–water partition coefficient (Wildman–Crippen LogP) is 3.93. The molecule has 0 saturated heterocycles. The third kappa shape index (κ3) is 3.25. The number of rotatable bonds is 6. The summed E-state index contributed by atoms with van der Waals surface area (Å²) in [6.07, 6.45) is 8.47. The highest BCUT2D eigenvalue weighted by Crippen LogP contribution is 2.23. The molecule has 0 fully saturated rings. The number of fused-ring (bicyclic) bond motifs is 1. The number of aliphatic carboxylic acids is 1. The van der Waals surface area contributed by atoms with Crippen LogP contribution in [0.5, 0.6) is 0 Å². The third-order valence-electron chi connectivity index (χ3n) is 3.23. The van der Waals surface area contributed by atoms with E-state index in [2.05, 4.69) is 17.6 Å². The fraction of sp³-hybridized carbons (Fsp3) is 0.312. The summed E-state index contributed by atoms with van der Waals surface area (Å²) in [7, 11) is 0. The van der Waals surface area contributed by atoms with Gasteiger partial charge in [-0.3, -0.25) is 0 Å². The van der Waals surface area contributed by atoms with Crippen LogP contribution in [0.2, 0.25) is 0 Å². The molecule has 0 radical (unpaired) electrons. The summed E-state index contributed by atoms with van der Waals surface area (Å²) in [5.41, 5.74) is 2.14. The minimum absolute atomic E-state index is 0.914. The Hall–Kier alpha value is -2.03. The van der Waals surface area contributed by atoms with Gasteiger partial charge in [-0.25, -0.2) is 4.79 Å². The molecule has 0 aliphatic rings. The molecular weight excluding hydrogens is 238 g/mol. The zero-order valence-electron chi connectivity index (χ0n) is 11.2. The second kappa shape index (κ2) is 6.23.